The maximum absolute atomic E-state index is 2.42. The van der Waals surface area contributed by atoms with Crippen molar-refractivity contribution in [3.8, 4) is 0 Å². The van der Waals surface area contributed by atoms with Gasteiger partial charge in [0.05, 0.1) is 8.07 Å². The van der Waals surface area contributed by atoms with Gasteiger partial charge in [0, 0.05) is 0 Å². The molecule has 1 fully saturated rings. The van der Waals surface area contributed by atoms with Crippen molar-refractivity contribution in [2.24, 2.45) is 0 Å². The first-order valence-corrected chi connectivity index (χ1v) is 10.00. The van der Waals surface area contributed by atoms with Crippen molar-refractivity contribution < 1.29 is 0 Å². The van der Waals surface area contributed by atoms with Gasteiger partial charge in [-0.15, -0.1) is 0 Å². The van der Waals surface area contributed by atoms with Crippen LogP contribution in [0.1, 0.15) is 24.0 Å². The number of rotatable bonds is 1. The van der Waals surface area contributed by atoms with E-state index < -0.39 is 8.07 Å². The second kappa shape index (κ2) is 4.34. The van der Waals surface area contributed by atoms with Crippen molar-refractivity contribution in [2.75, 3.05) is 0 Å². The van der Waals surface area contributed by atoms with Gasteiger partial charge in [0.2, 0.25) is 0 Å². The zero-order valence-corrected chi connectivity index (χ0v) is 12.3. The van der Waals surface area contributed by atoms with Gasteiger partial charge in [0.25, 0.3) is 0 Å². The van der Waals surface area contributed by atoms with Gasteiger partial charge in [-0.1, -0.05) is 78.7 Å². The Morgan fingerprint density at radius 3 is 2.42 bits per heavy atom. The smallest absolute Gasteiger partial charge is 0.0630 e. The predicted octanol–water partition coefficient (Wildman–Crippen LogP) is 3.84. The molecule has 0 saturated carbocycles. The monoisotopic (exact) mass is 264 g/mol. The van der Waals surface area contributed by atoms with Gasteiger partial charge in [-0.3, -0.25) is 0 Å². The summed E-state index contributed by atoms with van der Waals surface area (Å²) in [6.45, 7) is 0. The molecule has 0 N–H and O–H groups in total. The molecule has 2 aromatic rings. The Balaban J connectivity index is 1.83. The van der Waals surface area contributed by atoms with Crippen LogP contribution in [0.3, 0.4) is 0 Å². The van der Waals surface area contributed by atoms with Crippen LogP contribution in [0.15, 0.2) is 54.6 Å². The van der Waals surface area contributed by atoms with E-state index >= 15 is 0 Å². The topological polar surface area (TPSA) is 0 Å². The van der Waals surface area contributed by atoms with Crippen LogP contribution in [0, 0.1) is 0 Å². The molecular weight excluding hydrogens is 244 g/mol. The molecule has 2 atom stereocenters. The first-order chi connectivity index (χ1) is 9.38. The van der Waals surface area contributed by atoms with Gasteiger partial charge in [0.15, 0.2) is 0 Å². The summed E-state index contributed by atoms with van der Waals surface area (Å²) in [5.74, 6) is 0. The van der Waals surface area contributed by atoms with Crippen LogP contribution < -0.4 is 5.19 Å². The molecule has 2 aliphatic rings. The summed E-state index contributed by atoms with van der Waals surface area (Å²) < 4.78 is 0. The summed E-state index contributed by atoms with van der Waals surface area (Å²) >= 11 is 0. The van der Waals surface area contributed by atoms with Crippen LogP contribution in [-0.4, -0.2) is 8.07 Å². The van der Waals surface area contributed by atoms with E-state index in [9.17, 15) is 0 Å². The summed E-state index contributed by atoms with van der Waals surface area (Å²) in [5.41, 5.74) is 4.27. The Labute approximate surface area is 116 Å². The van der Waals surface area contributed by atoms with Crippen LogP contribution in [0.2, 0.25) is 11.6 Å². The maximum Gasteiger partial charge on any atom is 0.0943 e. The third-order valence-electron chi connectivity index (χ3n) is 5.40. The Kier molecular flexibility index (Phi) is 2.63. The van der Waals surface area contributed by atoms with Crippen LogP contribution in [-0.2, 0) is 12.5 Å². The SMILES string of the molecule is c1ccc([Si@@]23CCC[C@@H]2Cc2ccccc2C3)cc1. The van der Waals surface area contributed by atoms with E-state index in [2.05, 4.69) is 54.6 Å². The van der Waals surface area contributed by atoms with Crippen molar-refractivity contribution in [1.29, 1.82) is 0 Å². The summed E-state index contributed by atoms with van der Waals surface area (Å²) in [4.78, 5) is 0. The van der Waals surface area contributed by atoms with Crippen molar-refractivity contribution >= 4 is 13.3 Å². The quantitative estimate of drug-likeness (QED) is 0.686. The minimum atomic E-state index is -1.28. The lowest BCUT2D eigenvalue weighted by atomic mass is 10.0. The van der Waals surface area contributed by atoms with Gasteiger partial charge in [-0.2, -0.15) is 0 Å². The highest BCUT2D eigenvalue weighted by Crippen LogP contribution is 2.47. The van der Waals surface area contributed by atoms with Crippen molar-refractivity contribution in [3.63, 3.8) is 0 Å². The standard InChI is InChI=1S/C18H20Si/c1-2-9-17(10-3-1)19-12-6-11-18(19)13-15-7-4-5-8-16(15)14-19/h1-5,7-10,18H,6,11-14H2/t18-,19+/m1/s1. The van der Waals surface area contributed by atoms with Crippen LogP contribution in [0.5, 0.6) is 0 Å². The molecule has 0 spiro atoms. The van der Waals surface area contributed by atoms with Gasteiger partial charge in [-0.05, 0) is 29.1 Å². The molecule has 96 valence electrons. The minimum absolute atomic E-state index is 0.991. The van der Waals surface area contributed by atoms with Gasteiger partial charge in [-0.25, -0.2) is 0 Å². The molecule has 0 radical (unpaired) electrons. The average molecular weight is 264 g/mol. The zero-order chi connectivity index (χ0) is 12.7. The van der Waals surface area contributed by atoms with Gasteiger partial charge in [0.1, 0.15) is 0 Å². The summed E-state index contributed by atoms with van der Waals surface area (Å²) in [5, 5.41) is 1.71. The van der Waals surface area contributed by atoms with E-state index in [0.717, 1.165) is 5.54 Å². The van der Waals surface area contributed by atoms with E-state index in [-0.39, 0.29) is 0 Å². The predicted molar refractivity (Wildman–Crippen MR) is 83.5 cm³/mol. The number of hydrogen-bond acceptors (Lipinski definition) is 0. The molecule has 2 heterocycles. The van der Waals surface area contributed by atoms with Crippen molar-refractivity contribution in [2.45, 2.75) is 36.9 Å². The van der Waals surface area contributed by atoms with E-state index in [1.165, 1.54) is 31.4 Å². The highest BCUT2D eigenvalue weighted by atomic mass is 28.3. The third kappa shape index (κ3) is 1.72. The van der Waals surface area contributed by atoms with Crippen LogP contribution >= 0.6 is 0 Å². The van der Waals surface area contributed by atoms with E-state index in [4.69, 9.17) is 0 Å². The molecule has 1 saturated heterocycles. The van der Waals surface area contributed by atoms with E-state index in [0.29, 0.717) is 0 Å². The van der Waals surface area contributed by atoms with E-state index in [1.54, 1.807) is 16.3 Å². The fraction of sp³-hybridized carbons (Fsp3) is 0.333. The summed E-state index contributed by atoms with van der Waals surface area (Å²) in [6, 6.07) is 23.5. The summed E-state index contributed by atoms with van der Waals surface area (Å²) in [6.07, 6.45) is 4.27. The molecule has 2 aliphatic heterocycles. The second-order valence-corrected chi connectivity index (χ2v) is 10.8. The molecule has 4 rings (SSSR count). The van der Waals surface area contributed by atoms with Crippen molar-refractivity contribution in [1.82, 2.24) is 0 Å². The Morgan fingerprint density at radius 2 is 1.58 bits per heavy atom. The fourth-order valence-electron chi connectivity index (χ4n) is 4.46. The minimum Gasteiger partial charge on any atom is -0.0630 e. The molecule has 1 heteroatoms. The maximum atomic E-state index is 2.42. The Bertz CT molecular complexity index is 590. The lowest BCUT2D eigenvalue weighted by molar-refractivity contribution is 0.736. The highest BCUT2D eigenvalue weighted by Gasteiger charge is 2.48. The molecule has 0 aliphatic carbocycles. The molecule has 0 aromatic heterocycles. The van der Waals surface area contributed by atoms with E-state index in [1.807, 2.05) is 0 Å². The molecule has 0 unspecified atom stereocenters. The number of fused-ring (bicyclic) bond motifs is 2. The fourth-order valence-corrected chi connectivity index (χ4v) is 10.4. The molecule has 2 aromatic carbocycles. The number of hydrogen-bond donors (Lipinski definition) is 0. The van der Waals surface area contributed by atoms with Crippen LogP contribution in [0.4, 0.5) is 0 Å². The first kappa shape index (κ1) is 11.5. The Morgan fingerprint density at radius 1 is 0.842 bits per heavy atom. The lowest BCUT2D eigenvalue weighted by Crippen LogP contribution is -2.53. The largest absolute Gasteiger partial charge is 0.0943 e. The molecular formula is C18H20Si. The molecule has 0 bridgehead atoms. The highest BCUT2D eigenvalue weighted by molar-refractivity contribution is 6.93. The second-order valence-electron chi connectivity index (χ2n) is 6.26. The summed E-state index contributed by atoms with van der Waals surface area (Å²) in [7, 11) is -1.28. The molecule has 0 nitrogen and oxygen atoms in total. The molecule has 0 amide bonds. The molecule has 19 heavy (non-hydrogen) atoms. The van der Waals surface area contributed by atoms with Gasteiger partial charge >= 0.3 is 0 Å². The normalized spacial score (nSPS) is 28.7. The average Bonchev–Trinajstić information content (AvgIpc) is 2.89. The Hall–Kier alpha value is -1.34. The number of benzene rings is 2. The van der Waals surface area contributed by atoms with Gasteiger partial charge < -0.3 is 0 Å². The first-order valence-electron chi connectivity index (χ1n) is 7.51. The van der Waals surface area contributed by atoms with Crippen LogP contribution in [0.25, 0.3) is 0 Å². The third-order valence-corrected chi connectivity index (χ3v) is 11.2. The van der Waals surface area contributed by atoms with Crippen molar-refractivity contribution in [3.05, 3.63) is 65.7 Å². The zero-order valence-electron chi connectivity index (χ0n) is 11.3. The lowest BCUT2D eigenvalue weighted by Gasteiger charge is -2.39.